The van der Waals surface area contributed by atoms with Gasteiger partial charge in [-0.2, -0.15) is 4.80 Å². The van der Waals surface area contributed by atoms with Crippen LogP contribution in [0.15, 0.2) is 180 Å². The second kappa shape index (κ2) is 12.1. The monoisotopic (exact) mass is 691 g/mol. The Hall–Kier alpha value is -7.44. The van der Waals surface area contributed by atoms with Gasteiger partial charge in [-0.3, -0.25) is 0 Å². The van der Waals surface area contributed by atoms with Crippen LogP contribution in [0, 0.1) is 0 Å². The minimum atomic E-state index is 0.646. The van der Waals surface area contributed by atoms with E-state index < -0.39 is 0 Å². The maximum absolute atomic E-state index is 6.30. The van der Waals surface area contributed by atoms with E-state index in [-0.39, 0.29) is 0 Å². The third-order valence-electron chi connectivity index (χ3n) is 10.3. The summed E-state index contributed by atoms with van der Waals surface area (Å²) in [4.78, 5) is 12.2. The average molecular weight is 692 g/mol. The lowest BCUT2D eigenvalue weighted by Crippen LogP contribution is -1.97. The van der Waals surface area contributed by atoms with Crippen LogP contribution < -0.4 is 0 Å². The molecule has 8 aromatic carbocycles. The number of furan rings is 1. The van der Waals surface area contributed by atoms with E-state index in [0.29, 0.717) is 5.82 Å². The molecule has 6 heteroatoms. The molecule has 0 radical (unpaired) electrons. The summed E-state index contributed by atoms with van der Waals surface area (Å²) in [5.41, 5.74) is 11.2. The van der Waals surface area contributed by atoms with E-state index >= 15 is 0 Å². The molecule has 0 amide bonds. The Morgan fingerprint density at radius 3 is 1.94 bits per heavy atom. The smallest absolute Gasteiger partial charge is 0.160 e. The SMILES string of the molecule is c1ccc(-c2cccc(-c3cc(-c4ccc5c(c4)oc4ccccc45)nc(-c4ccc5c(ccc6ccc7nn(-c8ccccc8)nc7c65)c4)n3)c2)cc1. The molecule has 0 bridgehead atoms. The normalized spacial score (nSPS) is 11.7. The van der Waals surface area contributed by atoms with Crippen molar-refractivity contribution in [2.24, 2.45) is 0 Å². The Balaban J connectivity index is 1.08. The van der Waals surface area contributed by atoms with E-state index in [1.54, 1.807) is 4.80 Å². The molecule has 0 aliphatic carbocycles. The first-order chi connectivity index (χ1) is 26.7. The lowest BCUT2D eigenvalue weighted by Gasteiger charge is -2.12. The number of para-hydroxylation sites is 2. The van der Waals surface area contributed by atoms with E-state index in [9.17, 15) is 0 Å². The Bertz CT molecular complexity index is 3220. The summed E-state index contributed by atoms with van der Waals surface area (Å²) in [7, 11) is 0. The Morgan fingerprint density at radius 2 is 1.07 bits per heavy atom. The van der Waals surface area contributed by atoms with Gasteiger partial charge in [0, 0.05) is 32.8 Å². The summed E-state index contributed by atoms with van der Waals surface area (Å²) in [6, 6.07) is 60.5. The maximum atomic E-state index is 6.30. The van der Waals surface area contributed by atoms with Gasteiger partial charge in [-0.1, -0.05) is 121 Å². The van der Waals surface area contributed by atoms with Crippen molar-refractivity contribution in [2.45, 2.75) is 0 Å². The molecule has 6 nitrogen and oxygen atoms in total. The number of nitrogens with zero attached hydrogens (tertiary/aromatic N) is 5. The van der Waals surface area contributed by atoms with E-state index in [2.05, 4.69) is 115 Å². The average Bonchev–Trinajstić information content (AvgIpc) is 3.86. The lowest BCUT2D eigenvalue weighted by atomic mass is 9.98. The molecule has 11 aromatic rings. The number of hydrogen-bond acceptors (Lipinski definition) is 5. The molecule has 0 atom stereocenters. The Morgan fingerprint density at radius 1 is 0.407 bits per heavy atom. The molecule has 0 saturated carbocycles. The van der Waals surface area contributed by atoms with Gasteiger partial charge in [0.1, 0.15) is 22.2 Å². The van der Waals surface area contributed by atoms with Crippen LogP contribution in [0.3, 0.4) is 0 Å². The summed E-state index contributed by atoms with van der Waals surface area (Å²) >= 11 is 0. The van der Waals surface area contributed by atoms with Crippen molar-refractivity contribution in [2.75, 3.05) is 0 Å². The standard InChI is InChI=1S/C48H29N5O/c1-3-10-30(11-4-1)32-12-9-13-34(26-32)42-29-43(35-20-24-40-39-16-7-8-17-44(39)54-45(40)28-35)50-48(49-42)36-21-23-38-33(27-36)19-18-31-22-25-41-47(46(31)38)52-53(51-41)37-14-5-2-6-15-37/h1-29H. The van der Waals surface area contributed by atoms with Crippen LogP contribution in [0.5, 0.6) is 0 Å². The fourth-order valence-corrected chi connectivity index (χ4v) is 7.59. The number of benzene rings is 8. The zero-order chi connectivity index (χ0) is 35.6. The van der Waals surface area contributed by atoms with Crippen LogP contribution in [0.2, 0.25) is 0 Å². The van der Waals surface area contributed by atoms with E-state index in [4.69, 9.17) is 24.6 Å². The van der Waals surface area contributed by atoms with Gasteiger partial charge >= 0.3 is 0 Å². The van der Waals surface area contributed by atoms with Crippen molar-refractivity contribution in [1.82, 2.24) is 25.0 Å². The van der Waals surface area contributed by atoms with Crippen molar-refractivity contribution in [3.05, 3.63) is 176 Å². The fraction of sp³-hybridized carbons (Fsp3) is 0. The van der Waals surface area contributed by atoms with E-state index in [1.165, 1.54) is 0 Å². The molecule has 0 aliphatic heterocycles. The first-order valence-corrected chi connectivity index (χ1v) is 18.0. The highest BCUT2D eigenvalue weighted by atomic mass is 16.3. The highest BCUT2D eigenvalue weighted by molar-refractivity contribution is 6.18. The van der Waals surface area contributed by atoms with E-state index in [0.717, 1.165) is 99.4 Å². The van der Waals surface area contributed by atoms with Gasteiger partial charge in [-0.25, -0.2) is 9.97 Å². The Labute approximate surface area is 309 Å². The fourth-order valence-electron chi connectivity index (χ4n) is 7.59. The van der Waals surface area contributed by atoms with Crippen molar-refractivity contribution >= 4 is 54.5 Å². The largest absolute Gasteiger partial charge is 0.456 e. The first-order valence-electron chi connectivity index (χ1n) is 18.0. The van der Waals surface area contributed by atoms with Crippen LogP contribution in [0.4, 0.5) is 0 Å². The third kappa shape index (κ3) is 5.04. The molecular formula is C48H29N5O. The topological polar surface area (TPSA) is 69.6 Å². The van der Waals surface area contributed by atoms with Gasteiger partial charge in [-0.05, 0) is 81.9 Å². The summed E-state index contributed by atoms with van der Waals surface area (Å²) in [6.07, 6.45) is 0. The number of aromatic nitrogens is 5. The highest BCUT2D eigenvalue weighted by Crippen LogP contribution is 2.36. The predicted molar refractivity (Wildman–Crippen MR) is 218 cm³/mol. The predicted octanol–water partition coefficient (Wildman–Crippen LogP) is 12.1. The van der Waals surface area contributed by atoms with Crippen LogP contribution in [-0.2, 0) is 0 Å². The van der Waals surface area contributed by atoms with Gasteiger partial charge in [0.05, 0.1) is 17.1 Å². The summed E-state index contributed by atoms with van der Waals surface area (Å²) in [6.45, 7) is 0. The van der Waals surface area contributed by atoms with Crippen molar-refractivity contribution < 1.29 is 4.42 Å². The Kier molecular flexibility index (Phi) is 6.75. The number of hydrogen-bond donors (Lipinski definition) is 0. The van der Waals surface area contributed by atoms with Crippen LogP contribution in [0.1, 0.15) is 0 Å². The van der Waals surface area contributed by atoms with Crippen LogP contribution in [-0.4, -0.2) is 25.0 Å². The molecule has 0 unspecified atom stereocenters. The van der Waals surface area contributed by atoms with E-state index in [1.807, 2.05) is 60.7 Å². The zero-order valence-corrected chi connectivity index (χ0v) is 28.9. The molecule has 3 heterocycles. The van der Waals surface area contributed by atoms with Crippen molar-refractivity contribution in [3.63, 3.8) is 0 Å². The molecule has 0 fully saturated rings. The molecule has 0 aliphatic rings. The van der Waals surface area contributed by atoms with Gasteiger partial charge in [0.25, 0.3) is 0 Å². The highest BCUT2D eigenvalue weighted by Gasteiger charge is 2.16. The van der Waals surface area contributed by atoms with Gasteiger partial charge in [-0.15, -0.1) is 10.2 Å². The minimum absolute atomic E-state index is 0.646. The lowest BCUT2D eigenvalue weighted by molar-refractivity contribution is 0.669. The van der Waals surface area contributed by atoms with Gasteiger partial charge in [0.15, 0.2) is 5.82 Å². The minimum Gasteiger partial charge on any atom is -0.456 e. The van der Waals surface area contributed by atoms with Crippen molar-refractivity contribution in [1.29, 1.82) is 0 Å². The quantitative estimate of drug-likeness (QED) is 0.168. The first kappa shape index (κ1) is 30.2. The molecule has 0 saturated heterocycles. The van der Waals surface area contributed by atoms with Gasteiger partial charge in [0.2, 0.25) is 0 Å². The maximum Gasteiger partial charge on any atom is 0.160 e. The molecule has 0 spiro atoms. The molecule has 11 rings (SSSR count). The summed E-state index contributed by atoms with van der Waals surface area (Å²) in [5, 5.41) is 16.3. The molecule has 0 N–H and O–H groups in total. The molecule has 3 aromatic heterocycles. The van der Waals surface area contributed by atoms with Crippen LogP contribution >= 0.6 is 0 Å². The molecule has 54 heavy (non-hydrogen) atoms. The third-order valence-corrected chi connectivity index (χ3v) is 10.3. The molecular weight excluding hydrogens is 663 g/mol. The number of fused-ring (bicyclic) bond motifs is 8. The zero-order valence-electron chi connectivity index (χ0n) is 28.9. The van der Waals surface area contributed by atoms with Gasteiger partial charge < -0.3 is 4.42 Å². The summed E-state index contributed by atoms with van der Waals surface area (Å²) < 4.78 is 6.30. The molecule has 252 valence electrons. The van der Waals surface area contributed by atoms with Crippen LogP contribution in [0.25, 0.3) is 105 Å². The second-order valence-electron chi connectivity index (χ2n) is 13.6. The number of rotatable bonds is 5. The van der Waals surface area contributed by atoms with Crippen molar-refractivity contribution in [3.8, 4) is 50.7 Å². The summed E-state index contributed by atoms with van der Waals surface area (Å²) in [5.74, 6) is 0.646. The second-order valence-corrected chi connectivity index (χ2v) is 13.6.